The highest BCUT2D eigenvalue weighted by Crippen LogP contribution is 2.35. The van der Waals surface area contributed by atoms with E-state index in [0.29, 0.717) is 11.3 Å². The molecule has 0 saturated heterocycles. The number of methoxy groups -OCH3 is 1. The van der Waals surface area contributed by atoms with Crippen LogP contribution in [0.2, 0.25) is 0 Å². The monoisotopic (exact) mass is 276 g/mol. The van der Waals surface area contributed by atoms with Crippen molar-refractivity contribution in [1.82, 2.24) is 9.97 Å². The molecule has 8 nitrogen and oxygen atoms in total. The number of anilines is 1. The van der Waals surface area contributed by atoms with E-state index >= 15 is 0 Å². The van der Waals surface area contributed by atoms with Crippen molar-refractivity contribution in [3.8, 4) is 17.4 Å². The van der Waals surface area contributed by atoms with Crippen LogP contribution in [0.25, 0.3) is 0 Å². The van der Waals surface area contributed by atoms with Crippen LogP contribution in [-0.4, -0.2) is 22.0 Å². The normalized spacial score (nSPS) is 10.1. The lowest BCUT2D eigenvalue weighted by Gasteiger charge is -2.09. The lowest BCUT2D eigenvalue weighted by molar-refractivity contribution is -0.385. The van der Waals surface area contributed by atoms with Crippen LogP contribution in [0, 0.1) is 17.0 Å². The van der Waals surface area contributed by atoms with E-state index in [9.17, 15) is 10.1 Å². The molecular formula is C12H12N4O4. The second-order valence-electron chi connectivity index (χ2n) is 3.88. The summed E-state index contributed by atoms with van der Waals surface area (Å²) in [6, 6.07) is 4.19. The van der Waals surface area contributed by atoms with E-state index in [2.05, 4.69) is 9.97 Å². The Balaban J connectivity index is 2.46. The molecule has 0 unspecified atom stereocenters. The Kier molecular flexibility index (Phi) is 3.65. The summed E-state index contributed by atoms with van der Waals surface area (Å²) >= 11 is 0. The first-order valence-corrected chi connectivity index (χ1v) is 5.60. The summed E-state index contributed by atoms with van der Waals surface area (Å²) in [6.45, 7) is 1.66. The molecule has 1 aromatic carbocycles. The smallest absolute Gasteiger partial charge is 0.311 e. The highest BCUT2D eigenvalue weighted by molar-refractivity contribution is 5.53. The van der Waals surface area contributed by atoms with E-state index in [-0.39, 0.29) is 23.1 Å². The predicted molar refractivity (Wildman–Crippen MR) is 70.9 cm³/mol. The number of nitro benzene ring substituents is 1. The molecule has 2 aromatic rings. The minimum atomic E-state index is -0.547. The highest BCUT2D eigenvalue weighted by atomic mass is 16.6. The Morgan fingerprint density at radius 1 is 1.35 bits per heavy atom. The van der Waals surface area contributed by atoms with E-state index in [1.165, 1.54) is 31.6 Å². The molecule has 0 aliphatic heterocycles. The van der Waals surface area contributed by atoms with Crippen molar-refractivity contribution in [3.63, 3.8) is 0 Å². The van der Waals surface area contributed by atoms with Crippen molar-refractivity contribution in [1.29, 1.82) is 0 Å². The van der Waals surface area contributed by atoms with Gasteiger partial charge in [0, 0.05) is 12.1 Å². The standard InChI is InChI=1S/C12H12N4O4/c1-7-11(13)14-6-15-12(7)20-10-5-8(19-2)3-4-9(10)16(17)18/h3-6H,1-2H3,(H2,13,14,15). The maximum Gasteiger partial charge on any atom is 0.311 e. The van der Waals surface area contributed by atoms with Gasteiger partial charge in [0.15, 0.2) is 0 Å². The van der Waals surface area contributed by atoms with Gasteiger partial charge in [0.05, 0.1) is 17.6 Å². The van der Waals surface area contributed by atoms with E-state index < -0.39 is 4.92 Å². The number of ether oxygens (including phenoxy) is 2. The fourth-order valence-electron chi connectivity index (χ4n) is 1.51. The maximum atomic E-state index is 11.0. The van der Waals surface area contributed by atoms with Crippen LogP contribution in [0.5, 0.6) is 17.4 Å². The summed E-state index contributed by atoms with van der Waals surface area (Å²) in [4.78, 5) is 18.2. The van der Waals surface area contributed by atoms with E-state index in [1.54, 1.807) is 6.92 Å². The number of hydrogen-bond acceptors (Lipinski definition) is 7. The SMILES string of the molecule is COc1ccc([N+](=O)[O-])c(Oc2ncnc(N)c2C)c1. The van der Waals surface area contributed by atoms with Crippen LogP contribution < -0.4 is 15.2 Å². The highest BCUT2D eigenvalue weighted by Gasteiger charge is 2.18. The topological polar surface area (TPSA) is 113 Å². The van der Waals surface area contributed by atoms with Gasteiger partial charge < -0.3 is 15.2 Å². The number of aromatic nitrogens is 2. The Morgan fingerprint density at radius 2 is 2.10 bits per heavy atom. The van der Waals surface area contributed by atoms with Crippen LogP contribution in [0.4, 0.5) is 11.5 Å². The third-order valence-corrected chi connectivity index (χ3v) is 2.65. The van der Waals surface area contributed by atoms with Gasteiger partial charge in [-0.1, -0.05) is 0 Å². The third kappa shape index (κ3) is 2.58. The Labute approximate surface area is 114 Å². The zero-order valence-corrected chi connectivity index (χ0v) is 10.9. The minimum Gasteiger partial charge on any atom is -0.497 e. The molecule has 0 aliphatic rings. The van der Waals surface area contributed by atoms with Gasteiger partial charge in [0.2, 0.25) is 11.6 Å². The van der Waals surface area contributed by atoms with E-state index in [1.807, 2.05) is 0 Å². The lowest BCUT2D eigenvalue weighted by atomic mass is 10.2. The number of hydrogen-bond donors (Lipinski definition) is 1. The largest absolute Gasteiger partial charge is 0.497 e. The molecule has 0 aliphatic carbocycles. The summed E-state index contributed by atoms with van der Waals surface area (Å²) in [5.41, 5.74) is 5.95. The first-order chi connectivity index (χ1) is 9.52. The maximum absolute atomic E-state index is 11.0. The van der Waals surface area contributed by atoms with Gasteiger partial charge in [0.25, 0.3) is 0 Å². The minimum absolute atomic E-state index is 0.0237. The summed E-state index contributed by atoms with van der Waals surface area (Å²) in [6.07, 6.45) is 1.23. The van der Waals surface area contributed by atoms with Crippen molar-refractivity contribution in [2.45, 2.75) is 6.92 Å². The molecule has 0 bridgehead atoms. The van der Waals surface area contributed by atoms with Crippen LogP contribution in [0.3, 0.4) is 0 Å². The van der Waals surface area contributed by atoms with Crippen LogP contribution in [0.1, 0.15) is 5.56 Å². The van der Waals surface area contributed by atoms with Gasteiger partial charge in [-0.3, -0.25) is 10.1 Å². The second kappa shape index (κ2) is 5.39. The average Bonchev–Trinajstić information content (AvgIpc) is 2.43. The summed E-state index contributed by atoms with van der Waals surface area (Å²) in [5.74, 6) is 0.871. The third-order valence-electron chi connectivity index (χ3n) is 2.65. The Bertz CT molecular complexity index is 660. The average molecular weight is 276 g/mol. The molecule has 0 amide bonds. The molecule has 0 atom stereocenters. The quantitative estimate of drug-likeness (QED) is 0.671. The van der Waals surface area contributed by atoms with E-state index in [0.717, 1.165) is 0 Å². The van der Waals surface area contributed by atoms with Crippen molar-refractivity contribution in [3.05, 3.63) is 40.2 Å². The fraction of sp³-hybridized carbons (Fsp3) is 0.167. The Hall–Kier alpha value is -2.90. The van der Waals surface area contributed by atoms with Gasteiger partial charge in [0.1, 0.15) is 17.9 Å². The van der Waals surface area contributed by atoms with Gasteiger partial charge in [-0.15, -0.1) is 0 Å². The van der Waals surface area contributed by atoms with Crippen molar-refractivity contribution >= 4 is 11.5 Å². The zero-order valence-electron chi connectivity index (χ0n) is 10.9. The first kappa shape index (κ1) is 13.5. The molecule has 2 rings (SSSR count). The number of nitrogen functional groups attached to an aromatic ring is 1. The number of nitrogens with two attached hydrogens (primary N) is 1. The second-order valence-corrected chi connectivity index (χ2v) is 3.88. The van der Waals surface area contributed by atoms with Crippen molar-refractivity contribution in [2.24, 2.45) is 0 Å². The van der Waals surface area contributed by atoms with Crippen LogP contribution in [0.15, 0.2) is 24.5 Å². The molecule has 0 spiro atoms. The van der Waals surface area contributed by atoms with Gasteiger partial charge in [-0.25, -0.2) is 9.97 Å². The molecule has 2 N–H and O–H groups in total. The molecule has 0 fully saturated rings. The molecule has 104 valence electrons. The lowest BCUT2D eigenvalue weighted by Crippen LogP contribution is -2.00. The van der Waals surface area contributed by atoms with Gasteiger partial charge in [-0.05, 0) is 13.0 Å². The number of nitrogens with zero attached hydrogens (tertiary/aromatic N) is 3. The first-order valence-electron chi connectivity index (χ1n) is 5.60. The zero-order chi connectivity index (χ0) is 14.7. The fourth-order valence-corrected chi connectivity index (χ4v) is 1.51. The van der Waals surface area contributed by atoms with Gasteiger partial charge in [-0.2, -0.15) is 0 Å². The molecule has 8 heteroatoms. The molecule has 1 aromatic heterocycles. The van der Waals surface area contributed by atoms with Crippen LogP contribution in [-0.2, 0) is 0 Å². The van der Waals surface area contributed by atoms with E-state index in [4.69, 9.17) is 15.2 Å². The van der Waals surface area contributed by atoms with Crippen LogP contribution >= 0.6 is 0 Å². The van der Waals surface area contributed by atoms with Crippen molar-refractivity contribution in [2.75, 3.05) is 12.8 Å². The summed E-state index contributed by atoms with van der Waals surface area (Å²) in [7, 11) is 1.46. The number of rotatable bonds is 4. The van der Waals surface area contributed by atoms with Crippen molar-refractivity contribution < 1.29 is 14.4 Å². The van der Waals surface area contributed by atoms with Gasteiger partial charge >= 0.3 is 5.69 Å². The molecule has 1 heterocycles. The number of benzene rings is 1. The summed E-state index contributed by atoms with van der Waals surface area (Å²) in [5, 5.41) is 11.0. The molecule has 20 heavy (non-hydrogen) atoms. The predicted octanol–water partition coefficient (Wildman–Crippen LogP) is 2.08. The molecule has 0 saturated carbocycles. The summed E-state index contributed by atoms with van der Waals surface area (Å²) < 4.78 is 10.5. The Morgan fingerprint density at radius 3 is 2.75 bits per heavy atom. The number of nitro groups is 1. The molecular weight excluding hydrogens is 264 g/mol. The molecule has 0 radical (unpaired) electrons.